The van der Waals surface area contributed by atoms with Gasteiger partial charge in [0.25, 0.3) is 0 Å². The van der Waals surface area contributed by atoms with Crippen molar-refractivity contribution in [2.45, 2.75) is 57.7 Å². The van der Waals surface area contributed by atoms with Crippen LogP contribution in [0, 0.1) is 0 Å². The SMILES string of the molecule is CC/C=C\C[C@@H](/C=C\C=C/C/C=C\C=C/C(C/C=C\CCC(=O)O)OO)OO. The van der Waals surface area contributed by atoms with Crippen LogP contribution in [-0.4, -0.2) is 33.8 Å². The maximum Gasteiger partial charge on any atom is 0.303 e. The minimum atomic E-state index is -0.833. The number of rotatable bonds is 16. The Balaban J connectivity index is 4.09. The minimum absolute atomic E-state index is 0.0893. The van der Waals surface area contributed by atoms with Crippen LogP contribution in [0.3, 0.4) is 0 Å². The van der Waals surface area contributed by atoms with Crippen LogP contribution in [-0.2, 0) is 14.6 Å². The van der Waals surface area contributed by atoms with E-state index >= 15 is 0 Å². The Labute approximate surface area is 167 Å². The third-order valence-corrected chi connectivity index (χ3v) is 3.52. The largest absolute Gasteiger partial charge is 0.481 e. The molecule has 0 amide bonds. The third kappa shape index (κ3) is 17.2. The molecule has 2 atom stereocenters. The normalized spacial score (nSPS) is 15.2. The topological polar surface area (TPSA) is 96.2 Å². The molecule has 6 nitrogen and oxygen atoms in total. The molecule has 0 aliphatic carbocycles. The molecule has 0 aromatic rings. The number of hydrogen-bond donors (Lipinski definition) is 3. The number of hydrogen-bond acceptors (Lipinski definition) is 5. The summed E-state index contributed by atoms with van der Waals surface area (Å²) in [6.45, 7) is 2.05. The van der Waals surface area contributed by atoms with Gasteiger partial charge >= 0.3 is 5.97 Å². The number of aliphatic carboxylic acids is 1. The summed E-state index contributed by atoms with van der Waals surface area (Å²) >= 11 is 0. The van der Waals surface area contributed by atoms with Gasteiger partial charge in [-0.2, -0.15) is 0 Å². The van der Waals surface area contributed by atoms with Gasteiger partial charge < -0.3 is 5.11 Å². The zero-order chi connectivity index (χ0) is 20.9. The predicted molar refractivity (Wildman–Crippen MR) is 111 cm³/mol. The fourth-order valence-electron chi connectivity index (χ4n) is 2.03. The molecule has 1 unspecified atom stereocenters. The quantitative estimate of drug-likeness (QED) is 0.139. The van der Waals surface area contributed by atoms with Gasteiger partial charge in [0.1, 0.15) is 12.2 Å². The summed E-state index contributed by atoms with van der Waals surface area (Å²) in [5.74, 6) is -0.833. The smallest absolute Gasteiger partial charge is 0.303 e. The first-order valence-corrected chi connectivity index (χ1v) is 9.42. The lowest BCUT2D eigenvalue weighted by Crippen LogP contribution is -2.05. The van der Waals surface area contributed by atoms with Crippen LogP contribution in [0.2, 0.25) is 0 Å². The van der Waals surface area contributed by atoms with Gasteiger partial charge in [-0.25, -0.2) is 9.78 Å². The molecular formula is C22H32O6. The molecule has 0 aliphatic rings. The summed E-state index contributed by atoms with van der Waals surface area (Å²) < 4.78 is 0. The van der Waals surface area contributed by atoms with Crippen molar-refractivity contribution in [2.24, 2.45) is 0 Å². The van der Waals surface area contributed by atoms with Crippen LogP contribution < -0.4 is 0 Å². The molecule has 0 aromatic carbocycles. The first-order valence-electron chi connectivity index (χ1n) is 9.42. The van der Waals surface area contributed by atoms with Crippen molar-refractivity contribution < 1.29 is 30.2 Å². The van der Waals surface area contributed by atoms with Crippen LogP contribution >= 0.6 is 0 Å². The molecule has 0 heterocycles. The van der Waals surface area contributed by atoms with Gasteiger partial charge in [0.05, 0.1) is 0 Å². The fourth-order valence-corrected chi connectivity index (χ4v) is 2.03. The molecule has 0 saturated heterocycles. The van der Waals surface area contributed by atoms with Crippen molar-refractivity contribution in [2.75, 3.05) is 0 Å². The summed E-state index contributed by atoms with van der Waals surface area (Å²) in [4.78, 5) is 19.1. The first-order chi connectivity index (χ1) is 13.6. The Hall–Kier alpha value is -2.25. The van der Waals surface area contributed by atoms with Crippen LogP contribution in [0.4, 0.5) is 0 Å². The van der Waals surface area contributed by atoms with Crippen LogP contribution in [0.15, 0.2) is 72.9 Å². The Bertz CT molecular complexity index is 557. The lowest BCUT2D eigenvalue weighted by atomic mass is 10.2. The molecule has 28 heavy (non-hydrogen) atoms. The molecular weight excluding hydrogens is 360 g/mol. The number of carbonyl (C=O) groups is 1. The molecule has 3 N–H and O–H groups in total. The van der Waals surface area contributed by atoms with E-state index in [4.69, 9.17) is 15.6 Å². The molecule has 156 valence electrons. The monoisotopic (exact) mass is 392 g/mol. The van der Waals surface area contributed by atoms with Crippen LogP contribution in [0.5, 0.6) is 0 Å². The van der Waals surface area contributed by atoms with Crippen molar-refractivity contribution in [3.8, 4) is 0 Å². The summed E-state index contributed by atoms with van der Waals surface area (Å²) in [7, 11) is 0. The highest BCUT2D eigenvalue weighted by Crippen LogP contribution is 2.03. The van der Waals surface area contributed by atoms with Crippen molar-refractivity contribution in [1.82, 2.24) is 0 Å². The molecule has 6 heteroatoms. The molecule has 0 aromatic heterocycles. The van der Waals surface area contributed by atoms with Gasteiger partial charge in [0.15, 0.2) is 0 Å². The highest BCUT2D eigenvalue weighted by Gasteiger charge is 2.01. The van der Waals surface area contributed by atoms with E-state index in [9.17, 15) is 4.79 Å². The van der Waals surface area contributed by atoms with Gasteiger partial charge in [0, 0.05) is 6.42 Å². The number of carboxylic acids is 1. The van der Waals surface area contributed by atoms with E-state index in [2.05, 4.69) is 9.78 Å². The lowest BCUT2D eigenvalue weighted by Gasteiger charge is -2.04. The summed E-state index contributed by atoms with van der Waals surface area (Å²) in [6, 6.07) is 0. The standard InChI is InChI=1S/C22H32O6/c1-2-3-10-15-20(27-25)16-11-7-5-4-6-8-12-17-21(28-26)18-13-9-14-19-22(23)24/h3,5-13,16-17,20-21,25-26H,2,4,14-15,18-19H2,1H3,(H,23,24)/b7-5-,8-6-,10-3-,13-9-,16-11-,17-12-/t20-,21?/m0/s1. The second-order valence-electron chi connectivity index (χ2n) is 5.90. The molecule has 0 bridgehead atoms. The number of carboxylic acid groups (broad SMARTS) is 1. The Morgan fingerprint density at radius 1 is 0.821 bits per heavy atom. The summed E-state index contributed by atoms with van der Waals surface area (Å²) in [5.41, 5.74) is 0. The Kier molecular flexibility index (Phi) is 17.9. The molecule has 0 rings (SSSR count). The van der Waals surface area contributed by atoms with Gasteiger partial charge in [-0.1, -0.05) is 79.8 Å². The van der Waals surface area contributed by atoms with E-state index in [1.165, 1.54) is 0 Å². The van der Waals surface area contributed by atoms with Crippen molar-refractivity contribution in [3.63, 3.8) is 0 Å². The van der Waals surface area contributed by atoms with Gasteiger partial charge in [-0.05, 0) is 32.1 Å². The predicted octanol–water partition coefficient (Wildman–Crippen LogP) is 5.49. The summed E-state index contributed by atoms with van der Waals surface area (Å²) in [5, 5.41) is 26.2. The van der Waals surface area contributed by atoms with Gasteiger partial charge in [-0.15, -0.1) is 0 Å². The van der Waals surface area contributed by atoms with Crippen LogP contribution in [0.25, 0.3) is 0 Å². The van der Waals surface area contributed by atoms with Crippen molar-refractivity contribution >= 4 is 5.97 Å². The van der Waals surface area contributed by atoms with Gasteiger partial charge in [-0.3, -0.25) is 15.3 Å². The van der Waals surface area contributed by atoms with Crippen molar-refractivity contribution in [3.05, 3.63) is 72.9 Å². The van der Waals surface area contributed by atoms with E-state index in [0.717, 1.165) is 12.8 Å². The first kappa shape index (κ1) is 25.8. The maximum absolute atomic E-state index is 10.4. The highest BCUT2D eigenvalue weighted by molar-refractivity contribution is 5.66. The number of allylic oxidation sites excluding steroid dienone is 8. The van der Waals surface area contributed by atoms with E-state index in [1.54, 1.807) is 30.4 Å². The fraction of sp³-hybridized carbons (Fsp3) is 0.409. The van der Waals surface area contributed by atoms with E-state index in [0.29, 0.717) is 19.3 Å². The molecule has 0 radical (unpaired) electrons. The molecule has 0 spiro atoms. The third-order valence-electron chi connectivity index (χ3n) is 3.52. The van der Waals surface area contributed by atoms with E-state index in [-0.39, 0.29) is 12.5 Å². The molecule has 0 fully saturated rings. The van der Waals surface area contributed by atoms with Gasteiger partial charge in [0.2, 0.25) is 0 Å². The van der Waals surface area contributed by atoms with Crippen LogP contribution in [0.1, 0.15) is 45.4 Å². The van der Waals surface area contributed by atoms with E-state index < -0.39 is 12.1 Å². The molecule has 0 saturated carbocycles. The lowest BCUT2D eigenvalue weighted by molar-refractivity contribution is -0.264. The van der Waals surface area contributed by atoms with Crippen molar-refractivity contribution in [1.29, 1.82) is 0 Å². The second kappa shape index (κ2) is 19.5. The zero-order valence-electron chi connectivity index (χ0n) is 16.4. The molecule has 0 aliphatic heterocycles. The second-order valence-corrected chi connectivity index (χ2v) is 5.90. The average Bonchev–Trinajstić information content (AvgIpc) is 2.69. The van der Waals surface area contributed by atoms with E-state index in [1.807, 2.05) is 49.5 Å². The Morgan fingerprint density at radius 2 is 1.36 bits per heavy atom. The summed E-state index contributed by atoms with van der Waals surface area (Å²) in [6.07, 6.45) is 24.8. The maximum atomic E-state index is 10.4. The Morgan fingerprint density at radius 3 is 1.82 bits per heavy atom. The average molecular weight is 392 g/mol. The minimum Gasteiger partial charge on any atom is -0.481 e. The highest BCUT2D eigenvalue weighted by atomic mass is 17.1. The zero-order valence-corrected chi connectivity index (χ0v) is 16.4.